The van der Waals surface area contributed by atoms with Gasteiger partial charge in [0, 0.05) is 23.6 Å². The summed E-state index contributed by atoms with van der Waals surface area (Å²) in [6, 6.07) is 14.9. The second-order valence-corrected chi connectivity index (χ2v) is 7.56. The van der Waals surface area contributed by atoms with Gasteiger partial charge in [-0.1, -0.05) is 24.3 Å². The number of para-hydroxylation sites is 1. The second-order valence-electron chi connectivity index (χ2n) is 7.56. The predicted molar refractivity (Wildman–Crippen MR) is 108 cm³/mol. The van der Waals surface area contributed by atoms with Crippen molar-refractivity contribution in [3.8, 4) is 5.75 Å². The smallest absolute Gasteiger partial charge is 0.419 e. The third-order valence-electron chi connectivity index (χ3n) is 5.43. The minimum atomic E-state index is -4.85. The number of halogens is 3. The van der Waals surface area contributed by atoms with E-state index in [1.54, 1.807) is 30.3 Å². The normalized spacial score (nSPS) is 18.3. The largest absolute Gasteiger partial charge is 0.490 e. The van der Waals surface area contributed by atoms with E-state index in [1.807, 2.05) is 12.1 Å². The summed E-state index contributed by atoms with van der Waals surface area (Å²) in [5.74, 6) is 0.559. The topological polar surface area (TPSA) is 74.3 Å². The SMILES string of the molecule is O=c1ccc2c(NCC(O)(CC3CCc4ccccc4O3)C(F)(F)F)cccc2[nH]1. The zero-order chi connectivity index (χ0) is 21.4. The maximum Gasteiger partial charge on any atom is 0.419 e. The molecule has 0 saturated carbocycles. The predicted octanol–water partition coefficient (Wildman–Crippen LogP) is 4.02. The molecule has 0 fully saturated rings. The summed E-state index contributed by atoms with van der Waals surface area (Å²) >= 11 is 0. The van der Waals surface area contributed by atoms with E-state index in [0.717, 1.165) is 5.56 Å². The van der Waals surface area contributed by atoms with Crippen molar-refractivity contribution in [1.82, 2.24) is 4.98 Å². The number of alkyl halides is 3. The van der Waals surface area contributed by atoms with Gasteiger partial charge in [-0.25, -0.2) is 0 Å². The highest BCUT2D eigenvalue weighted by molar-refractivity contribution is 5.91. The Morgan fingerprint density at radius 2 is 1.90 bits per heavy atom. The van der Waals surface area contributed by atoms with Gasteiger partial charge in [-0.05, 0) is 42.7 Å². The van der Waals surface area contributed by atoms with Crippen LogP contribution in [0, 0.1) is 0 Å². The highest BCUT2D eigenvalue weighted by Gasteiger charge is 2.55. The lowest BCUT2D eigenvalue weighted by molar-refractivity contribution is -0.262. The van der Waals surface area contributed by atoms with Crippen LogP contribution in [0.3, 0.4) is 0 Å². The molecule has 0 spiro atoms. The second kappa shape index (κ2) is 7.68. The van der Waals surface area contributed by atoms with Gasteiger partial charge < -0.3 is 20.1 Å². The molecule has 1 aliphatic heterocycles. The fourth-order valence-electron chi connectivity index (χ4n) is 3.77. The summed E-state index contributed by atoms with van der Waals surface area (Å²) in [5.41, 5.74) is -1.45. The van der Waals surface area contributed by atoms with Gasteiger partial charge in [-0.15, -0.1) is 0 Å². The Labute approximate surface area is 170 Å². The molecular weight excluding hydrogens is 397 g/mol. The monoisotopic (exact) mass is 418 g/mol. The van der Waals surface area contributed by atoms with Crippen molar-refractivity contribution < 1.29 is 23.0 Å². The van der Waals surface area contributed by atoms with Crippen LogP contribution in [0.15, 0.2) is 59.4 Å². The first kappa shape index (κ1) is 20.3. The van der Waals surface area contributed by atoms with Crippen LogP contribution >= 0.6 is 0 Å². The van der Waals surface area contributed by atoms with Crippen molar-refractivity contribution >= 4 is 16.6 Å². The van der Waals surface area contributed by atoms with E-state index in [4.69, 9.17) is 4.74 Å². The van der Waals surface area contributed by atoms with E-state index in [0.29, 0.717) is 35.2 Å². The number of rotatable bonds is 5. The van der Waals surface area contributed by atoms with Gasteiger partial charge in [-0.3, -0.25) is 4.79 Å². The maximum atomic E-state index is 13.8. The zero-order valence-electron chi connectivity index (χ0n) is 16.0. The summed E-state index contributed by atoms with van der Waals surface area (Å²) < 4.78 is 47.2. The summed E-state index contributed by atoms with van der Waals surface area (Å²) in [6.07, 6.45) is -5.19. The highest BCUT2D eigenvalue weighted by Crippen LogP contribution is 2.38. The highest BCUT2D eigenvalue weighted by atomic mass is 19.4. The number of benzene rings is 2. The van der Waals surface area contributed by atoms with Crippen LogP contribution in [0.2, 0.25) is 0 Å². The Morgan fingerprint density at radius 1 is 1.10 bits per heavy atom. The Hall–Kier alpha value is -3.00. The Bertz CT molecular complexity index is 1110. The van der Waals surface area contributed by atoms with E-state index < -0.39 is 30.8 Å². The number of pyridine rings is 1. The zero-order valence-corrected chi connectivity index (χ0v) is 16.0. The van der Waals surface area contributed by atoms with E-state index in [9.17, 15) is 23.1 Å². The lowest BCUT2D eigenvalue weighted by Gasteiger charge is -2.36. The molecule has 2 unspecified atom stereocenters. The van der Waals surface area contributed by atoms with Crippen LogP contribution in [0.4, 0.5) is 18.9 Å². The van der Waals surface area contributed by atoms with Gasteiger partial charge in [0.05, 0.1) is 12.1 Å². The molecule has 3 aromatic rings. The number of aryl methyl sites for hydroxylation is 1. The molecule has 0 aliphatic carbocycles. The molecule has 0 amide bonds. The lowest BCUT2D eigenvalue weighted by Crippen LogP contribution is -2.53. The van der Waals surface area contributed by atoms with Crippen molar-refractivity contribution in [2.75, 3.05) is 11.9 Å². The summed E-state index contributed by atoms with van der Waals surface area (Å²) in [5, 5.41) is 13.9. The molecule has 2 heterocycles. The van der Waals surface area contributed by atoms with Crippen molar-refractivity contribution in [1.29, 1.82) is 0 Å². The number of H-pyrrole nitrogens is 1. The molecule has 3 N–H and O–H groups in total. The standard InChI is InChI=1S/C22H21F3N2O3/c23-22(24,25)21(29,12-15-9-8-14-4-1-2-7-19(14)30-15)13-26-17-5-3-6-18-16(17)10-11-20(28)27-18/h1-7,10-11,15,26,29H,8-9,12-13H2,(H,27,28). The first-order chi connectivity index (χ1) is 14.2. The van der Waals surface area contributed by atoms with Crippen LogP contribution < -0.4 is 15.6 Å². The molecule has 5 nitrogen and oxygen atoms in total. The van der Waals surface area contributed by atoms with Crippen molar-refractivity contribution in [2.45, 2.75) is 37.1 Å². The number of hydrogen-bond acceptors (Lipinski definition) is 4. The summed E-state index contributed by atoms with van der Waals surface area (Å²) in [7, 11) is 0. The molecular formula is C22H21F3N2O3. The van der Waals surface area contributed by atoms with Crippen LogP contribution in [0.1, 0.15) is 18.4 Å². The fraction of sp³-hybridized carbons (Fsp3) is 0.318. The van der Waals surface area contributed by atoms with Gasteiger partial charge in [0.2, 0.25) is 5.56 Å². The lowest BCUT2D eigenvalue weighted by atomic mass is 9.90. The van der Waals surface area contributed by atoms with Crippen molar-refractivity contribution in [2.24, 2.45) is 0 Å². The number of fused-ring (bicyclic) bond motifs is 2. The summed E-state index contributed by atoms with van der Waals surface area (Å²) in [4.78, 5) is 14.1. The number of aromatic nitrogens is 1. The number of aromatic amines is 1. The molecule has 4 rings (SSSR count). The quantitative estimate of drug-likeness (QED) is 0.585. The summed E-state index contributed by atoms with van der Waals surface area (Å²) in [6.45, 7) is -0.740. The van der Waals surface area contributed by atoms with Gasteiger partial charge >= 0.3 is 6.18 Å². The molecule has 0 radical (unpaired) electrons. The number of ether oxygens (including phenoxy) is 1. The van der Waals surface area contributed by atoms with Crippen LogP contribution in [0.25, 0.3) is 10.9 Å². The van der Waals surface area contributed by atoms with E-state index in [1.165, 1.54) is 12.1 Å². The third-order valence-corrected chi connectivity index (χ3v) is 5.43. The molecule has 2 aromatic carbocycles. The molecule has 1 aliphatic rings. The number of hydrogen-bond donors (Lipinski definition) is 3. The minimum Gasteiger partial charge on any atom is -0.490 e. The third kappa shape index (κ3) is 4.00. The number of aliphatic hydroxyl groups is 1. The average molecular weight is 418 g/mol. The average Bonchev–Trinajstić information content (AvgIpc) is 2.71. The fourth-order valence-corrected chi connectivity index (χ4v) is 3.77. The van der Waals surface area contributed by atoms with Gasteiger partial charge in [0.25, 0.3) is 0 Å². The van der Waals surface area contributed by atoms with E-state index >= 15 is 0 Å². The van der Waals surface area contributed by atoms with Crippen LogP contribution in [-0.2, 0) is 6.42 Å². The maximum absolute atomic E-state index is 13.8. The molecule has 30 heavy (non-hydrogen) atoms. The minimum absolute atomic E-state index is 0.304. The Kier molecular flexibility index (Phi) is 5.19. The van der Waals surface area contributed by atoms with E-state index in [2.05, 4.69) is 10.3 Å². The first-order valence-electron chi connectivity index (χ1n) is 9.65. The number of nitrogens with one attached hydrogen (secondary N) is 2. The van der Waals surface area contributed by atoms with Crippen molar-refractivity contribution in [3.05, 3.63) is 70.5 Å². The Morgan fingerprint density at radius 3 is 2.70 bits per heavy atom. The van der Waals surface area contributed by atoms with Crippen molar-refractivity contribution in [3.63, 3.8) is 0 Å². The Balaban J connectivity index is 1.54. The molecule has 2 atom stereocenters. The van der Waals surface area contributed by atoms with Crippen LogP contribution in [-0.4, -0.2) is 34.5 Å². The van der Waals surface area contributed by atoms with Gasteiger partial charge in [0.1, 0.15) is 11.9 Å². The van der Waals surface area contributed by atoms with E-state index in [-0.39, 0.29) is 5.56 Å². The number of anilines is 1. The molecule has 0 bridgehead atoms. The van der Waals surface area contributed by atoms with Gasteiger partial charge in [-0.2, -0.15) is 13.2 Å². The molecule has 8 heteroatoms. The molecule has 1 aromatic heterocycles. The first-order valence-corrected chi connectivity index (χ1v) is 9.65. The molecule has 0 saturated heterocycles. The van der Waals surface area contributed by atoms with Crippen LogP contribution in [0.5, 0.6) is 5.75 Å². The molecule has 158 valence electrons. The van der Waals surface area contributed by atoms with Gasteiger partial charge in [0.15, 0.2) is 5.60 Å².